The van der Waals surface area contributed by atoms with Crippen LogP contribution in [0.3, 0.4) is 0 Å². The molecular weight excluding hydrogens is 358 g/mol. The van der Waals surface area contributed by atoms with Crippen LogP contribution in [-0.4, -0.2) is 15.9 Å². The smallest absolute Gasteiger partial charge is 0.256 e. The summed E-state index contributed by atoms with van der Waals surface area (Å²) in [6.07, 6.45) is 3.44. The minimum atomic E-state index is -0.205. The van der Waals surface area contributed by atoms with E-state index in [4.69, 9.17) is 11.6 Å². The Morgan fingerprint density at radius 2 is 1.89 bits per heavy atom. The number of aromatic nitrogens is 2. The molecule has 4 nitrogen and oxygen atoms in total. The summed E-state index contributed by atoms with van der Waals surface area (Å²) in [6, 6.07) is 18.6. The van der Waals surface area contributed by atoms with Gasteiger partial charge in [-0.1, -0.05) is 35.9 Å². The van der Waals surface area contributed by atoms with Crippen LogP contribution in [0, 0.1) is 6.92 Å². The summed E-state index contributed by atoms with van der Waals surface area (Å²) in [5, 5.41) is 4.34. The van der Waals surface area contributed by atoms with Crippen molar-refractivity contribution in [1.82, 2.24) is 9.97 Å². The molecule has 0 saturated carbocycles. The molecule has 132 valence electrons. The Bertz CT molecular complexity index is 1140. The average molecular weight is 374 g/mol. The molecule has 0 bridgehead atoms. The number of fused-ring (bicyclic) bond motifs is 1. The predicted octanol–water partition coefficient (Wildman–Crippen LogP) is 5.51. The average Bonchev–Trinajstić information content (AvgIpc) is 2.70. The van der Waals surface area contributed by atoms with E-state index in [1.54, 1.807) is 30.6 Å². The molecule has 0 unspecified atom stereocenters. The fraction of sp³-hybridized carbons (Fsp3) is 0.0455. The highest BCUT2D eigenvalue weighted by Gasteiger charge is 2.15. The van der Waals surface area contributed by atoms with E-state index in [-0.39, 0.29) is 5.91 Å². The number of carbonyl (C=O) groups is 1. The van der Waals surface area contributed by atoms with Crippen molar-refractivity contribution in [3.8, 4) is 11.3 Å². The van der Waals surface area contributed by atoms with E-state index in [9.17, 15) is 4.79 Å². The second-order valence-electron chi connectivity index (χ2n) is 6.23. The standard InChI is InChI=1S/C22H16ClN3O/c1-14-8-9-16(23)11-20(14)26-22(27)18-12-21(15-5-4-10-24-13-15)25-19-7-3-2-6-17(18)19/h2-13H,1H3,(H,26,27). The quantitative estimate of drug-likeness (QED) is 0.515. The lowest BCUT2D eigenvalue weighted by molar-refractivity contribution is 0.102. The van der Waals surface area contributed by atoms with E-state index in [2.05, 4.69) is 15.3 Å². The lowest BCUT2D eigenvalue weighted by atomic mass is 10.0. The Kier molecular flexibility index (Phi) is 4.57. The zero-order valence-corrected chi connectivity index (χ0v) is 15.4. The molecule has 0 spiro atoms. The molecule has 2 heterocycles. The lowest BCUT2D eigenvalue weighted by Gasteiger charge is -2.12. The summed E-state index contributed by atoms with van der Waals surface area (Å²) < 4.78 is 0. The van der Waals surface area contributed by atoms with E-state index in [1.807, 2.05) is 49.4 Å². The molecule has 0 aliphatic rings. The summed E-state index contributed by atoms with van der Waals surface area (Å²) in [5.74, 6) is -0.205. The van der Waals surface area contributed by atoms with Gasteiger partial charge in [-0.25, -0.2) is 4.98 Å². The summed E-state index contributed by atoms with van der Waals surface area (Å²) in [6.45, 7) is 1.93. The van der Waals surface area contributed by atoms with Crippen molar-refractivity contribution in [3.63, 3.8) is 0 Å². The lowest BCUT2D eigenvalue weighted by Crippen LogP contribution is -2.14. The maximum absolute atomic E-state index is 13.1. The van der Waals surface area contributed by atoms with Crippen molar-refractivity contribution in [2.24, 2.45) is 0 Å². The molecule has 0 atom stereocenters. The van der Waals surface area contributed by atoms with Crippen molar-refractivity contribution in [2.45, 2.75) is 6.92 Å². The fourth-order valence-corrected chi connectivity index (χ4v) is 3.12. The van der Waals surface area contributed by atoms with Crippen molar-refractivity contribution in [3.05, 3.63) is 89.2 Å². The number of carbonyl (C=O) groups excluding carboxylic acids is 1. The summed E-state index contributed by atoms with van der Waals surface area (Å²) in [5.41, 5.74) is 4.51. The fourth-order valence-electron chi connectivity index (χ4n) is 2.94. The van der Waals surface area contributed by atoms with Crippen LogP contribution < -0.4 is 5.32 Å². The summed E-state index contributed by atoms with van der Waals surface area (Å²) >= 11 is 6.08. The first-order valence-electron chi connectivity index (χ1n) is 8.49. The molecule has 0 radical (unpaired) electrons. The molecule has 4 aromatic rings. The Morgan fingerprint density at radius 3 is 2.70 bits per heavy atom. The van der Waals surface area contributed by atoms with E-state index in [0.29, 0.717) is 22.0 Å². The largest absolute Gasteiger partial charge is 0.322 e. The molecule has 0 aliphatic heterocycles. The number of pyridine rings is 2. The maximum Gasteiger partial charge on any atom is 0.256 e. The van der Waals surface area contributed by atoms with Gasteiger partial charge in [0.1, 0.15) is 0 Å². The van der Waals surface area contributed by atoms with Gasteiger partial charge < -0.3 is 5.32 Å². The molecule has 5 heteroatoms. The third-order valence-corrected chi connectivity index (χ3v) is 4.60. The van der Waals surface area contributed by atoms with E-state index in [0.717, 1.165) is 22.0 Å². The number of anilines is 1. The molecule has 1 N–H and O–H groups in total. The van der Waals surface area contributed by atoms with Gasteiger partial charge >= 0.3 is 0 Å². The molecule has 4 rings (SSSR count). The van der Waals surface area contributed by atoms with Gasteiger partial charge in [-0.15, -0.1) is 0 Å². The van der Waals surface area contributed by atoms with Crippen molar-refractivity contribution in [2.75, 3.05) is 5.32 Å². The van der Waals surface area contributed by atoms with Crippen LogP contribution in [0.2, 0.25) is 5.02 Å². The van der Waals surface area contributed by atoms with Crippen LogP contribution in [-0.2, 0) is 0 Å². The predicted molar refractivity (Wildman–Crippen MR) is 109 cm³/mol. The van der Waals surface area contributed by atoms with Crippen LogP contribution in [0.1, 0.15) is 15.9 Å². The molecular formula is C22H16ClN3O. The van der Waals surface area contributed by atoms with Gasteiger partial charge in [-0.05, 0) is 48.9 Å². The number of nitrogens with zero attached hydrogens (tertiary/aromatic N) is 2. The second kappa shape index (κ2) is 7.17. The molecule has 2 aromatic heterocycles. The topological polar surface area (TPSA) is 54.9 Å². The molecule has 27 heavy (non-hydrogen) atoms. The Morgan fingerprint density at radius 1 is 1.04 bits per heavy atom. The minimum absolute atomic E-state index is 0.205. The van der Waals surface area contributed by atoms with Gasteiger partial charge in [0.25, 0.3) is 5.91 Å². The molecule has 2 aromatic carbocycles. The Hall–Kier alpha value is -3.24. The number of hydrogen-bond donors (Lipinski definition) is 1. The number of para-hydroxylation sites is 1. The highest BCUT2D eigenvalue weighted by molar-refractivity contribution is 6.31. The third-order valence-electron chi connectivity index (χ3n) is 4.37. The van der Waals surface area contributed by atoms with Crippen molar-refractivity contribution in [1.29, 1.82) is 0 Å². The zero-order chi connectivity index (χ0) is 18.8. The number of amides is 1. The third kappa shape index (κ3) is 3.52. The van der Waals surface area contributed by atoms with Crippen molar-refractivity contribution >= 4 is 34.1 Å². The highest BCUT2D eigenvalue weighted by atomic mass is 35.5. The Labute approximate surface area is 161 Å². The summed E-state index contributed by atoms with van der Waals surface area (Å²) in [7, 11) is 0. The summed E-state index contributed by atoms with van der Waals surface area (Å²) in [4.78, 5) is 21.9. The van der Waals surface area contributed by atoms with Crippen LogP contribution in [0.5, 0.6) is 0 Å². The van der Waals surface area contributed by atoms with E-state index >= 15 is 0 Å². The van der Waals surface area contributed by atoms with Gasteiger partial charge in [0.05, 0.1) is 16.8 Å². The monoisotopic (exact) mass is 373 g/mol. The normalized spacial score (nSPS) is 10.7. The van der Waals surface area contributed by atoms with Crippen LogP contribution in [0.15, 0.2) is 73.1 Å². The maximum atomic E-state index is 13.1. The van der Waals surface area contributed by atoms with Crippen LogP contribution in [0.4, 0.5) is 5.69 Å². The van der Waals surface area contributed by atoms with Gasteiger partial charge in [0.2, 0.25) is 0 Å². The molecule has 0 saturated heterocycles. The van der Waals surface area contributed by atoms with E-state index < -0.39 is 0 Å². The van der Waals surface area contributed by atoms with Gasteiger partial charge in [0.15, 0.2) is 0 Å². The molecule has 0 aliphatic carbocycles. The van der Waals surface area contributed by atoms with Gasteiger partial charge in [0, 0.05) is 34.1 Å². The SMILES string of the molecule is Cc1ccc(Cl)cc1NC(=O)c1cc(-c2cccnc2)nc2ccccc12. The first-order chi connectivity index (χ1) is 13.1. The second-order valence-corrected chi connectivity index (χ2v) is 6.66. The van der Waals surface area contributed by atoms with Crippen LogP contribution in [0.25, 0.3) is 22.2 Å². The van der Waals surface area contributed by atoms with E-state index in [1.165, 1.54) is 0 Å². The number of benzene rings is 2. The Balaban J connectivity index is 1.82. The molecule has 1 amide bonds. The molecule has 0 fully saturated rings. The number of aryl methyl sites for hydroxylation is 1. The first kappa shape index (κ1) is 17.2. The minimum Gasteiger partial charge on any atom is -0.322 e. The van der Waals surface area contributed by atoms with Gasteiger partial charge in [-0.3, -0.25) is 9.78 Å². The number of halogens is 1. The number of nitrogens with one attached hydrogen (secondary N) is 1. The number of hydrogen-bond acceptors (Lipinski definition) is 3. The zero-order valence-electron chi connectivity index (χ0n) is 14.6. The number of rotatable bonds is 3. The van der Waals surface area contributed by atoms with Gasteiger partial charge in [-0.2, -0.15) is 0 Å². The van der Waals surface area contributed by atoms with Crippen molar-refractivity contribution < 1.29 is 4.79 Å². The highest BCUT2D eigenvalue weighted by Crippen LogP contribution is 2.26. The first-order valence-corrected chi connectivity index (χ1v) is 8.87. The van der Waals surface area contributed by atoms with Crippen LogP contribution >= 0.6 is 11.6 Å².